The van der Waals surface area contributed by atoms with Crippen molar-refractivity contribution in [2.24, 2.45) is 0 Å². The Bertz CT molecular complexity index is 305. The quantitative estimate of drug-likeness (QED) is 0.688. The molecular formula is C12H16ClN. The van der Waals surface area contributed by atoms with Crippen molar-refractivity contribution in [3.8, 4) is 0 Å². The highest BCUT2D eigenvalue weighted by Gasteiger charge is 1.98. The van der Waals surface area contributed by atoms with Gasteiger partial charge in [0.2, 0.25) is 0 Å². The van der Waals surface area contributed by atoms with Crippen molar-refractivity contribution < 1.29 is 0 Å². The van der Waals surface area contributed by atoms with Crippen molar-refractivity contribution in [2.75, 3.05) is 24.9 Å². The van der Waals surface area contributed by atoms with Crippen LogP contribution >= 0.6 is 11.6 Å². The minimum atomic E-state index is 0.681. The van der Waals surface area contributed by atoms with Crippen molar-refractivity contribution in [2.45, 2.75) is 6.42 Å². The summed E-state index contributed by atoms with van der Waals surface area (Å²) in [6.07, 6.45) is 5.15. The molecule has 0 aromatic heterocycles. The first-order chi connectivity index (χ1) is 6.75. The van der Waals surface area contributed by atoms with Crippen LogP contribution in [-0.2, 0) is 0 Å². The predicted octanol–water partition coefficient (Wildman–Crippen LogP) is 3.39. The van der Waals surface area contributed by atoms with E-state index in [-0.39, 0.29) is 0 Å². The molecule has 0 aliphatic heterocycles. The van der Waals surface area contributed by atoms with Crippen LogP contribution in [0.3, 0.4) is 0 Å². The third kappa shape index (κ3) is 3.08. The van der Waals surface area contributed by atoms with Crippen molar-refractivity contribution in [3.05, 3.63) is 35.9 Å². The molecule has 0 unspecified atom stereocenters. The van der Waals surface area contributed by atoms with Crippen molar-refractivity contribution >= 4 is 23.4 Å². The monoisotopic (exact) mass is 209 g/mol. The normalized spacial score (nSPS) is 10.8. The lowest BCUT2D eigenvalue weighted by atomic mass is 10.1. The Morgan fingerprint density at radius 3 is 2.64 bits per heavy atom. The van der Waals surface area contributed by atoms with Gasteiger partial charge in [0.05, 0.1) is 0 Å². The SMILES string of the molecule is CN(C)c1ccccc1C=CCCCl. The van der Waals surface area contributed by atoms with Crippen molar-refractivity contribution in [3.63, 3.8) is 0 Å². The number of rotatable bonds is 4. The molecule has 0 aliphatic rings. The number of hydrogen-bond acceptors (Lipinski definition) is 1. The Balaban J connectivity index is 2.84. The van der Waals surface area contributed by atoms with Crippen molar-refractivity contribution in [1.29, 1.82) is 0 Å². The van der Waals surface area contributed by atoms with Gasteiger partial charge in [-0.1, -0.05) is 30.4 Å². The van der Waals surface area contributed by atoms with Crippen LogP contribution in [0, 0.1) is 0 Å². The van der Waals surface area contributed by atoms with Crippen LogP contribution in [0.25, 0.3) is 6.08 Å². The van der Waals surface area contributed by atoms with Crippen LogP contribution in [0.1, 0.15) is 12.0 Å². The van der Waals surface area contributed by atoms with Crippen LogP contribution in [0.2, 0.25) is 0 Å². The zero-order chi connectivity index (χ0) is 10.4. The second kappa shape index (κ2) is 5.71. The van der Waals surface area contributed by atoms with Crippen LogP contribution in [0.5, 0.6) is 0 Å². The minimum Gasteiger partial charge on any atom is -0.377 e. The summed E-state index contributed by atoms with van der Waals surface area (Å²) in [5.74, 6) is 0.681. The Kier molecular flexibility index (Phi) is 4.54. The second-order valence-electron chi connectivity index (χ2n) is 3.33. The Morgan fingerprint density at radius 2 is 2.00 bits per heavy atom. The molecule has 2 heteroatoms. The fourth-order valence-corrected chi connectivity index (χ4v) is 1.44. The van der Waals surface area contributed by atoms with E-state index in [2.05, 4.69) is 29.2 Å². The van der Waals surface area contributed by atoms with Crippen LogP contribution < -0.4 is 4.90 Å². The lowest BCUT2D eigenvalue weighted by Crippen LogP contribution is -2.09. The van der Waals surface area contributed by atoms with E-state index in [0.717, 1.165) is 6.42 Å². The van der Waals surface area contributed by atoms with Crippen LogP contribution in [-0.4, -0.2) is 20.0 Å². The van der Waals surface area contributed by atoms with Gasteiger partial charge in [0, 0.05) is 25.7 Å². The summed E-state index contributed by atoms with van der Waals surface area (Å²) in [6, 6.07) is 8.32. The van der Waals surface area contributed by atoms with Gasteiger partial charge in [-0.05, 0) is 18.1 Å². The van der Waals surface area contributed by atoms with Gasteiger partial charge < -0.3 is 4.90 Å². The van der Waals surface area contributed by atoms with Gasteiger partial charge in [0.15, 0.2) is 0 Å². The summed E-state index contributed by atoms with van der Waals surface area (Å²) in [7, 11) is 4.10. The number of halogens is 1. The number of nitrogens with zero attached hydrogens (tertiary/aromatic N) is 1. The fourth-order valence-electron chi connectivity index (χ4n) is 1.31. The van der Waals surface area contributed by atoms with Gasteiger partial charge in [0.1, 0.15) is 0 Å². The van der Waals surface area contributed by atoms with E-state index in [4.69, 9.17) is 11.6 Å². The van der Waals surface area contributed by atoms with Gasteiger partial charge in [-0.15, -0.1) is 11.6 Å². The number of benzene rings is 1. The molecule has 0 radical (unpaired) electrons. The zero-order valence-electron chi connectivity index (χ0n) is 8.70. The number of hydrogen-bond donors (Lipinski definition) is 0. The maximum Gasteiger partial charge on any atom is 0.0434 e. The lowest BCUT2D eigenvalue weighted by molar-refractivity contribution is 1.13. The number of para-hydroxylation sites is 1. The average molecular weight is 210 g/mol. The number of anilines is 1. The lowest BCUT2D eigenvalue weighted by Gasteiger charge is -2.15. The van der Waals surface area contributed by atoms with E-state index in [1.165, 1.54) is 11.3 Å². The van der Waals surface area contributed by atoms with Gasteiger partial charge in [-0.3, -0.25) is 0 Å². The molecule has 0 saturated carbocycles. The number of alkyl halides is 1. The Morgan fingerprint density at radius 1 is 1.29 bits per heavy atom. The highest BCUT2D eigenvalue weighted by atomic mass is 35.5. The molecule has 1 rings (SSSR count). The summed E-state index contributed by atoms with van der Waals surface area (Å²) in [6.45, 7) is 0. The van der Waals surface area contributed by atoms with E-state index in [0.29, 0.717) is 5.88 Å². The summed E-state index contributed by atoms with van der Waals surface area (Å²) < 4.78 is 0. The largest absolute Gasteiger partial charge is 0.377 e. The molecular weight excluding hydrogens is 194 g/mol. The second-order valence-corrected chi connectivity index (χ2v) is 3.71. The molecule has 14 heavy (non-hydrogen) atoms. The van der Waals surface area contributed by atoms with Crippen LogP contribution in [0.4, 0.5) is 5.69 Å². The molecule has 0 saturated heterocycles. The van der Waals surface area contributed by atoms with E-state index < -0.39 is 0 Å². The van der Waals surface area contributed by atoms with Crippen LogP contribution in [0.15, 0.2) is 30.3 Å². The molecule has 0 N–H and O–H groups in total. The molecule has 1 aromatic carbocycles. The third-order valence-corrected chi connectivity index (χ3v) is 2.21. The summed E-state index contributed by atoms with van der Waals surface area (Å²) in [5.41, 5.74) is 2.47. The van der Waals surface area contributed by atoms with Gasteiger partial charge >= 0.3 is 0 Å². The molecule has 0 bridgehead atoms. The molecule has 0 spiro atoms. The summed E-state index contributed by atoms with van der Waals surface area (Å²) >= 11 is 5.61. The topological polar surface area (TPSA) is 3.24 Å². The molecule has 0 fully saturated rings. The first-order valence-electron chi connectivity index (χ1n) is 4.74. The van der Waals surface area contributed by atoms with Gasteiger partial charge in [0.25, 0.3) is 0 Å². The van der Waals surface area contributed by atoms with E-state index in [1.807, 2.05) is 26.2 Å². The zero-order valence-corrected chi connectivity index (χ0v) is 9.46. The smallest absolute Gasteiger partial charge is 0.0434 e. The summed E-state index contributed by atoms with van der Waals surface area (Å²) in [4.78, 5) is 2.11. The molecule has 1 aromatic rings. The number of allylic oxidation sites excluding steroid dienone is 1. The van der Waals surface area contributed by atoms with E-state index >= 15 is 0 Å². The highest BCUT2D eigenvalue weighted by molar-refractivity contribution is 6.17. The maximum absolute atomic E-state index is 5.61. The molecule has 0 atom stereocenters. The fraction of sp³-hybridized carbons (Fsp3) is 0.333. The van der Waals surface area contributed by atoms with Gasteiger partial charge in [-0.2, -0.15) is 0 Å². The molecule has 76 valence electrons. The van der Waals surface area contributed by atoms with E-state index in [1.54, 1.807) is 0 Å². The Labute approximate surface area is 91.0 Å². The molecule has 0 aliphatic carbocycles. The third-order valence-electron chi connectivity index (χ3n) is 1.99. The average Bonchev–Trinajstić information content (AvgIpc) is 2.19. The first-order valence-corrected chi connectivity index (χ1v) is 5.28. The van der Waals surface area contributed by atoms with Crippen molar-refractivity contribution in [1.82, 2.24) is 0 Å². The molecule has 0 heterocycles. The Hall–Kier alpha value is -0.950. The minimum absolute atomic E-state index is 0.681. The van der Waals surface area contributed by atoms with Gasteiger partial charge in [-0.25, -0.2) is 0 Å². The molecule has 1 nitrogen and oxygen atoms in total. The highest BCUT2D eigenvalue weighted by Crippen LogP contribution is 2.19. The van der Waals surface area contributed by atoms with E-state index in [9.17, 15) is 0 Å². The standard InChI is InChI=1S/C12H16ClN/c1-14(2)12-9-4-3-7-11(12)8-5-6-10-13/h3-5,7-9H,6,10H2,1-2H3. The maximum atomic E-state index is 5.61. The first kappa shape index (κ1) is 11.1. The summed E-state index contributed by atoms with van der Waals surface area (Å²) in [5, 5.41) is 0. The predicted molar refractivity (Wildman–Crippen MR) is 65.1 cm³/mol. The molecule has 0 amide bonds.